The van der Waals surface area contributed by atoms with Gasteiger partial charge in [0.05, 0.1) is 20.1 Å². The van der Waals surface area contributed by atoms with Crippen LogP contribution in [0.5, 0.6) is 0 Å². The number of esters is 1. The van der Waals surface area contributed by atoms with Crippen LogP contribution in [0, 0.1) is 0 Å². The van der Waals surface area contributed by atoms with E-state index in [-0.39, 0.29) is 29.9 Å². The van der Waals surface area contributed by atoms with Gasteiger partial charge in [-0.25, -0.2) is 4.79 Å². The highest BCUT2D eigenvalue weighted by atomic mass is 127. The Balaban J connectivity index is 0.00000280. The van der Waals surface area contributed by atoms with Gasteiger partial charge in [-0.3, -0.25) is 0 Å². The van der Waals surface area contributed by atoms with Gasteiger partial charge in [0.2, 0.25) is 0 Å². The first-order valence-corrected chi connectivity index (χ1v) is 9.69. The van der Waals surface area contributed by atoms with Crippen molar-refractivity contribution in [1.29, 1.82) is 0 Å². The smallest absolute Gasteiger partial charge is 0.355 e. The van der Waals surface area contributed by atoms with Gasteiger partial charge in [0.1, 0.15) is 18.8 Å². The second kappa shape index (κ2) is 10.1. The number of rotatable bonds is 8. The van der Waals surface area contributed by atoms with Crippen molar-refractivity contribution >= 4 is 16.9 Å². The molecule has 0 spiro atoms. The Morgan fingerprint density at radius 2 is 1.64 bits per heavy atom. The molecule has 3 rings (SSSR count). The number of para-hydroxylation sites is 1. The molecule has 0 amide bonds. The van der Waals surface area contributed by atoms with Gasteiger partial charge in [0.15, 0.2) is 0 Å². The fourth-order valence-corrected chi connectivity index (χ4v) is 3.29. The van der Waals surface area contributed by atoms with Crippen LogP contribution in [0.4, 0.5) is 0 Å². The number of nitrogens with zero attached hydrogens (tertiary/aromatic N) is 2. The number of hydrogen-bond donors (Lipinski definition) is 0. The van der Waals surface area contributed by atoms with Crippen LogP contribution in [0.3, 0.4) is 0 Å². The van der Waals surface area contributed by atoms with Crippen molar-refractivity contribution in [3.8, 4) is 0 Å². The van der Waals surface area contributed by atoms with Gasteiger partial charge in [0, 0.05) is 17.4 Å². The minimum absolute atomic E-state index is 0. The highest BCUT2D eigenvalue weighted by molar-refractivity contribution is 5.95. The predicted octanol–water partition coefficient (Wildman–Crippen LogP) is 1.34. The van der Waals surface area contributed by atoms with E-state index in [0.29, 0.717) is 18.8 Å². The molecule has 0 saturated heterocycles. The van der Waals surface area contributed by atoms with Gasteiger partial charge in [0.25, 0.3) is 0 Å². The van der Waals surface area contributed by atoms with Crippen LogP contribution in [-0.2, 0) is 11.3 Å². The van der Waals surface area contributed by atoms with Crippen LogP contribution in [-0.4, -0.2) is 48.3 Å². The van der Waals surface area contributed by atoms with Gasteiger partial charge in [-0.15, -0.1) is 0 Å². The van der Waals surface area contributed by atoms with Crippen LogP contribution in [0.2, 0.25) is 0 Å². The van der Waals surface area contributed by atoms with E-state index in [1.807, 2.05) is 42.5 Å². The molecule has 0 aliphatic rings. The molecule has 0 aliphatic carbocycles. The first-order chi connectivity index (χ1) is 13.1. The SMILES string of the molecule is CC[N+](C)(CC)CCOC(=O)c1cc2ccccc2n1Cc1ccccc1.[I-]. The lowest BCUT2D eigenvalue weighted by molar-refractivity contribution is -0.906. The van der Waals surface area contributed by atoms with Crippen molar-refractivity contribution in [3.05, 3.63) is 71.9 Å². The standard InChI is InChI=1S/C23H29N2O2.HI/c1-4-25(3,5-2)15-16-27-23(26)22-17-20-13-9-10-14-21(20)24(22)18-19-11-7-6-8-12-19;/h6-14,17H,4-5,15-16,18H2,1-3H3;1H/q+1;/p-1. The van der Waals surface area contributed by atoms with Crippen LogP contribution < -0.4 is 24.0 Å². The van der Waals surface area contributed by atoms with E-state index in [2.05, 4.69) is 43.7 Å². The Morgan fingerprint density at radius 3 is 2.32 bits per heavy atom. The lowest BCUT2D eigenvalue weighted by Gasteiger charge is -2.31. The molecule has 150 valence electrons. The molecule has 0 bridgehead atoms. The molecule has 28 heavy (non-hydrogen) atoms. The fourth-order valence-electron chi connectivity index (χ4n) is 3.29. The Hall–Kier alpha value is -1.86. The van der Waals surface area contributed by atoms with E-state index in [0.717, 1.165) is 40.6 Å². The number of fused-ring (bicyclic) bond motifs is 1. The zero-order valence-electron chi connectivity index (χ0n) is 16.9. The van der Waals surface area contributed by atoms with E-state index in [9.17, 15) is 4.79 Å². The summed E-state index contributed by atoms with van der Waals surface area (Å²) < 4.78 is 8.62. The average molecular weight is 492 g/mol. The van der Waals surface area contributed by atoms with Crippen molar-refractivity contribution < 1.29 is 38.0 Å². The van der Waals surface area contributed by atoms with Crippen molar-refractivity contribution in [2.24, 2.45) is 0 Å². The molecule has 0 aliphatic heterocycles. The fraction of sp³-hybridized carbons (Fsp3) is 0.348. The molecule has 0 unspecified atom stereocenters. The molecule has 0 atom stereocenters. The predicted molar refractivity (Wildman–Crippen MR) is 110 cm³/mol. The Kier molecular flexibility index (Phi) is 8.07. The molecule has 1 aromatic heterocycles. The third-order valence-electron chi connectivity index (χ3n) is 5.59. The lowest BCUT2D eigenvalue weighted by Crippen LogP contribution is -3.00. The van der Waals surface area contributed by atoms with E-state index in [4.69, 9.17) is 4.74 Å². The zero-order chi connectivity index (χ0) is 19.3. The summed E-state index contributed by atoms with van der Waals surface area (Å²) in [7, 11) is 2.19. The summed E-state index contributed by atoms with van der Waals surface area (Å²) in [6, 6.07) is 20.2. The van der Waals surface area contributed by atoms with Gasteiger partial charge < -0.3 is 37.8 Å². The van der Waals surface area contributed by atoms with E-state index >= 15 is 0 Å². The number of carbonyl (C=O) groups is 1. The van der Waals surface area contributed by atoms with Crippen LogP contribution in [0.15, 0.2) is 60.7 Å². The van der Waals surface area contributed by atoms with Crippen LogP contribution in [0.25, 0.3) is 10.9 Å². The molecule has 3 aromatic rings. The number of ether oxygens (including phenoxy) is 1. The summed E-state index contributed by atoms with van der Waals surface area (Å²) in [6.45, 7) is 8.31. The lowest BCUT2D eigenvalue weighted by atomic mass is 10.2. The first-order valence-electron chi connectivity index (χ1n) is 9.69. The van der Waals surface area contributed by atoms with Crippen LogP contribution >= 0.6 is 0 Å². The molecule has 2 aromatic carbocycles. The molecule has 5 heteroatoms. The summed E-state index contributed by atoms with van der Waals surface area (Å²) in [5.41, 5.74) is 2.83. The first kappa shape index (κ1) is 22.4. The van der Waals surface area contributed by atoms with Crippen molar-refractivity contribution in [2.75, 3.05) is 33.3 Å². The number of benzene rings is 2. The molecule has 0 radical (unpaired) electrons. The summed E-state index contributed by atoms with van der Waals surface area (Å²) in [5.74, 6) is -0.249. The molecule has 1 heterocycles. The van der Waals surface area contributed by atoms with E-state index in [1.165, 1.54) is 0 Å². The molecular formula is C23H29IN2O2. The Bertz CT molecular complexity index is 901. The monoisotopic (exact) mass is 492 g/mol. The number of hydrogen-bond acceptors (Lipinski definition) is 2. The topological polar surface area (TPSA) is 31.2 Å². The largest absolute Gasteiger partial charge is 1.00 e. The highest BCUT2D eigenvalue weighted by Gasteiger charge is 2.20. The molecule has 0 fully saturated rings. The highest BCUT2D eigenvalue weighted by Crippen LogP contribution is 2.22. The van der Waals surface area contributed by atoms with Gasteiger partial charge >= 0.3 is 5.97 Å². The molecule has 4 nitrogen and oxygen atoms in total. The van der Waals surface area contributed by atoms with Crippen molar-refractivity contribution in [2.45, 2.75) is 20.4 Å². The zero-order valence-corrected chi connectivity index (χ0v) is 19.1. The van der Waals surface area contributed by atoms with Crippen LogP contribution in [0.1, 0.15) is 29.9 Å². The van der Waals surface area contributed by atoms with Crippen molar-refractivity contribution in [3.63, 3.8) is 0 Å². The number of likely N-dealkylation sites (N-methyl/N-ethyl adjacent to an activating group) is 1. The summed E-state index contributed by atoms with van der Waals surface area (Å²) >= 11 is 0. The summed E-state index contributed by atoms with van der Waals surface area (Å²) in [5, 5.41) is 1.06. The summed E-state index contributed by atoms with van der Waals surface area (Å²) in [4.78, 5) is 12.8. The maximum Gasteiger partial charge on any atom is 0.355 e. The number of carbonyl (C=O) groups excluding carboxylic acids is 1. The number of quaternary nitrogens is 1. The quantitative estimate of drug-likeness (QED) is 0.270. The van der Waals surface area contributed by atoms with Gasteiger partial charge in [-0.2, -0.15) is 0 Å². The van der Waals surface area contributed by atoms with E-state index < -0.39 is 0 Å². The van der Waals surface area contributed by atoms with Crippen molar-refractivity contribution in [1.82, 2.24) is 4.57 Å². The minimum Gasteiger partial charge on any atom is -1.00 e. The maximum atomic E-state index is 12.8. The second-order valence-corrected chi connectivity index (χ2v) is 7.27. The molecule has 0 N–H and O–H groups in total. The third-order valence-corrected chi connectivity index (χ3v) is 5.59. The maximum absolute atomic E-state index is 12.8. The Morgan fingerprint density at radius 1 is 1.00 bits per heavy atom. The van der Waals surface area contributed by atoms with Gasteiger partial charge in [-0.05, 0) is 31.5 Å². The van der Waals surface area contributed by atoms with Gasteiger partial charge in [-0.1, -0.05) is 48.5 Å². The van der Waals surface area contributed by atoms with E-state index in [1.54, 1.807) is 0 Å². The number of aromatic nitrogens is 1. The summed E-state index contributed by atoms with van der Waals surface area (Å²) in [6.07, 6.45) is 0. The molecule has 0 saturated carbocycles. The Labute approximate surface area is 184 Å². The normalized spacial score (nSPS) is 11.2. The number of halogens is 1. The third kappa shape index (κ3) is 5.14. The minimum atomic E-state index is -0.249. The molecular weight excluding hydrogens is 463 g/mol. The second-order valence-electron chi connectivity index (χ2n) is 7.27. The average Bonchev–Trinajstić information content (AvgIpc) is 3.07.